The minimum Gasteiger partial charge on any atom is -0.497 e. The van der Waals surface area contributed by atoms with Crippen molar-refractivity contribution in [1.29, 1.82) is 0 Å². The summed E-state index contributed by atoms with van der Waals surface area (Å²) in [5.74, 6) is 0.718. The van der Waals surface area contributed by atoms with E-state index in [0.717, 1.165) is 18.0 Å². The van der Waals surface area contributed by atoms with Crippen molar-refractivity contribution in [3.8, 4) is 5.75 Å². The minimum absolute atomic E-state index is 0.0230. The quantitative estimate of drug-likeness (QED) is 0.803. The van der Waals surface area contributed by atoms with Crippen LogP contribution < -0.4 is 15.4 Å². The molecule has 19 heavy (non-hydrogen) atoms. The van der Waals surface area contributed by atoms with E-state index in [9.17, 15) is 4.79 Å². The van der Waals surface area contributed by atoms with E-state index >= 15 is 0 Å². The third kappa shape index (κ3) is 4.14. The fraction of sp³-hybridized carbons (Fsp3) is 0.500. The van der Waals surface area contributed by atoms with Gasteiger partial charge in [0.05, 0.1) is 13.7 Å². The molecule has 5 heteroatoms. The van der Waals surface area contributed by atoms with Crippen LogP contribution in [-0.2, 0) is 4.79 Å². The number of hydrogen-bond acceptors (Lipinski definition) is 4. The van der Waals surface area contributed by atoms with Crippen molar-refractivity contribution >= 4 is 23.4 Å². The standard InChI is InChI=1S/C14H20N2O2S/c1-18-12-5-3-4-11(8-12)16-13(17)9-15-10-14(19-2)6-7-14/h3-5,8,15H,6-7,9-10H2,1-2H3,(H,16,17). The number of benzene rings is 1. The maximum Gasteiger partial charge on any atom is 0.238 e. The Hall–Kier alpha value is -1.20. The number of ether oxygens (including phenoxy) is 1. The average molecular weight is 280 g/mol. The lowest BCUT2D eigenvalue weighted by molar-refractivity contribution is -0.115. The third-order valence-electron chi connectivity index (χ3n) is 3.33. The monoisotopic (exact) mass is 280 g/mol. The topological polar surface area (TPSA) is 50.4 Å². The van der Waals surface area contributed by atoms with Gasteiger partial charge in [0.15, 0.2) is 0 Å². The molecule has 1 aromatic rings. The first kappa shape index (κ1) is 14.2. The first-order valence-corrected chi connectivity index (χ1v) is 7.60. The van der Waals surface area contributed by atoms with Crippen molar-refractivity contribution in [2.24, 2.45) is 0 Å². The smallest absolute Gasteiger partial charge is 0.238 e. The van der Waals surface area contributed by atoms with Gasteiger partial charge in [-0.2, -0.15) is 11.8 Å². The Balaban J connectivity index is 1.74. The largest absolute Gasteiger partial charge is 0.497 e. The molecule has 104 valence electrons. The number of nitrogens with one attached hydrogen (secondary N) is 2. The van der Waals surface area contributed by atoms with Crippen molar-refractivity contribution in [1.82, 2.24) is 5.32 Å². The number of thioether (sulfide) groups is 1. The number of carbonyl (C=O) groups is 1. The average Bonchev–Trinajstić information content (AvgIpc) is 3.19. The van der Waals surface area contributed by atoms with Crippen LogP contribution >= 0.6 is 11.8 Å². The molecule has 2 N–H and O–H groups in total. The van der Waals surface area contributed by atoms with Crippen LogP contribution in [0.4, 0.5) is 5.69 Å². The summed E-state index contributed by atoms with van der Waals surface area (Å²) in [6.45, 7) is 1.25. The fourth-order valence-electron chi connectivity index (χ4n) is 1.90. The Morgan fingerprint density at radius 1 is 1.47 bits per heavy atom. The second-order valence-corrected chi connectivity index (χ2v) is 6.05. The van der Waals surface area contributed by atoms with Gasteiger partial charge in [-0.1, -0.05) is 6.07 Å². The number of amides is 1. The summed E-state index contributed by atoms with van der Waals surface area (Å²) >= 11 is 1.89. The molecule has 1 aromatic carbocycles. The van der Waals surface area contributed by atoms with Gasteiger partial charge in [0.2, 0.25) is 5.91 Å². The Kier molecular flexibility index (Phi) is 4.71. The summed E-state index contributed by atoms with van der Waals surface area (Å²) < 4.78 is 5.50. The third-order valence-corrected chi connectivity index (χ3v) is 4.75. The Morgan fingerprint density at radius 3 is 2.89 bits per heavy atom. The molecule has 1 fully saturated rings. The van der Waals surface area contributed by atoms with Crippen molar-refractivity contribution in [2.75, 3.05) is 31.8 Å². The van der Waals surface area contributed by atoms with E-state index in [4.69, 9.17) is 4.74 Å². The van der Waals surface area contributed by atoms with Crippen molar-refractivity contribution in [3.05, 3.63) is 24.3 Å². The number of methoxy groups -OCH3 is 1. The van der Waals surface area contributed by atoms with E-state index in [1.807, 2.05) is 36.0 Å². The summed E-state index contributed by atoms with van der Waals surface area (Å²) in [5, 5.41) is 6.08. The highest BCUT2D eigenvalue weighted by molar-refractivity contribution is 8.00. The second-order valence-electron chi connectivity index (χ2n) is 4.77. The van der Waals surface area contributed by atoms with Crippen LogP contribution in [0.25, 0.3) is 0 Å². The lowest BCUT2D eigenvalue weighted by Crippen LogP contribution is -2.33. The van der Waals surface area contributed by atoms with Crippen LogP contribution in [0.5, 0.6) is 5.75 Å². The van der Waals surface area contributed by atoms with E-state index in [0.29, 0.717) is 11.3 Å². The lowest BCUT2D eigenvalue weighted by atomic mass is 10.3. The highest BCUT2D eigenvalue weighted by Gasteiger charge is 2.41. The summed E-state index contributed by atoms with van der Waals surface area (Å²) in [7, 11) is 1.61. The molecule has 0 radical (unpaired) electrons. The molecule has 1 saturated carbocycles. The molecular weight excluding hydrogens is 260 g/mol. The molecular formula is C14H20N2O2S. The number of hydrogen-bond donors (Lipinski definition) is 2. The maximum absolute atomic E-state index is 11.8. The van der Waals surface area contributed by atoms with Crippen LogP contribution in [0.3, 0.4) is 0 Å². The summed E-state index contributed by atoms with van der Waals surface area (Å²) in [6, 6.07) is 7.37. The molecule has 0 heterocycles. The number of carbonyl (C=O) groups excluding carboxylic acids is 1. The van der Waals surface area contributed by atoms with Crippen LogP contribution in [0.15, 0.2) is 24.3 Å². The van der Waals surface area contributed by atoms with E-state index in [-0.39, 0.29) is 5.91 Å². The molecule has 0 aliphatic heterocycles. The predicted molar refractivity (Wildman–Crippen MR) is 80.0 cm³/mol. The lowest BCUT2D eigenvalue weighted by Gasteiger charge is -2.13. The normalized spacial score (nSPS) is 15.9. The van der Waals surface area contributed by atoms with Crippen molar-refractivity contribution in [3.63, 3.8) is 0 Å². The van der Waals surface area contributed by atoms with Gasteiger partial charge in [0, 0.05) is 23.0 Å². The van der Waals surface area contributed by atoms with Crippen LogP contribution in [-0.4, -0.2) is 37.1 Å². The van der Waals surface area contributed by atoms with Gasteiger partial charge in [0.25, 0.3) is 0 Å². The molecule has 1 aliphatic rings. The molecule has 0 saturated heterocycles. The van der Waals surface area contributed by atoms with Crippen LogP contribution in [0.1, 0.15) is 12.8 Å². The summed E-state index contributed by atoms with van der Waals surface area (Å²) in [6.07, 6.45) is 4.63. The fourth-order valence-corrected chi connectivity index (χ4v) is 2.66. The highest BCUT2D eigenvalue weighted by atomic mass is 32.2. The van der Waals surface area contributed by atoms with Gasteiger partial charge in [-0.25, -0.2) is 0 Å². The van der Waals surface area contributed by atoms with Gasteiger partial charge in [-0.3, -0.25) is 4.79 Å². The molecule has 2 rings (SSSR count). The van der Waals surface area contributed by atoms with Crippen molar-refractivity contribution < 1.29 is 9.53 Å². The zero-order chi connectivity index (χ0) is 13.7. The van der Waals surface area contributed by atoms with Gasteiger partial charge in [-0.05, 0) is 31.2 Å². The first-order valence-electron chi connectivity index (χ1n) is 6.37. The predicted octanol–water partition coefficient (Wildman–Crippen LogP) is 2.12. The molecule has 4 nitrogen and oxygen atoms in total. The maximum atomic E-state index is 11.8. The van der Waals surface area contributed by atoms with E-state index in [1.54, 1.807) is 7.11 Å². The minimum atomic E-state index is -0.0230. The molecule has 0 aromatic heterocycles. The zero-order valence-electron chi connectivity index (χ0n) is 11.4. The number of anilines is 1. The van der Waals surface area contributed by atoms with Gasteiger partial charge >= 0.3 is 0 Å². The number of rotatable bonds is 7. The molecule has 0 spiro atoms. The van der Waals surface area contributed by atoms with Gasteiger partial charge in [0.1, 0.15) is 5.75 Å². The van der Waals surface area contributed by atoms with E-state index in [1.165, 1.54) is 12.8 Å². The Bertz CT molecular complexity index is 447. The van der Waals surface area contributed by atoms with E-state index < -0.39 is 0 Å². The summed E-state index contributed by atoms with van der Waals surface area (Å²) in [4.78, 5) is 11.8. The molecule has 1 aliphatic carbocycles. The van der Waals surface area contributed by atoms with Gasteiger partial charge in [-0.15, -0.1) is 0 Å². The molecule has 0 unspecified atom stereocenters. The van der Waals surface area contributed by atoms with Crippen LogP contribution in [0, 0.1) is 0 Å². The van der Waals surface area contributed by atoms with E-state index in [2.05, 4.69) is 16.9 Å². The first-order chi connectivity index (χ1) is 9.17. The van der Waals surface area contributed by atoms with Crippen LogP contribution in [0.2, 0.25) is 0 Å². The second kappa shape index (κ2) is 6.30. The van der Waals surface area contributed by atoms with Crippen molar-refractivity contribution in [2.45, 2.75) is 17.6 Å². The Labute approximate surface area is 118 Å². The zero-order valence-corrected chi connectivity index (χ0v) is 12.2. The SMILES string of the molecule is COc1cccc(NC(=O)CNCC2(SC)CC2)c1. The summed E-state index contributed by atoms with van der Waals surface area (Å²) in [5.41, 5.74) is 0.761. The highest BCUT2D eigenvalue weighted by Crippen LogP contribution is 2.46. The molecule has 0 atom stereocenters. The van der Waals surface area contributed by atoms with Gasteiger partial charge < -0.3 is 15.4 Å². The Morgan fingerprint density at radius 2 is 2.26 bits per heavy atom. The molecule has 0 bridgehead atoms. The molecule has 1 amide bonds.